The zero-order chi connectivity index (χ0) is 23.8. The summed E-state index contributed by atoms with van der Waals surface area (Å²) in [5.41, 5.74) is 1.63. The van der Waals surface area contributed by atoms with Gasteiger partial charge in [-0.05, 0) is 50.3 Å². The molecule has 0 atom stereocenters. The highest BCUT2D eigenvalue weighted by Gasteiger charge is 2.11. The second-order valence-corrected chi connectivity index (χ2v) is 7.81. The molecular weight excluding hydrogens is 420 g/mol. The van der Waals surface area contributed by atoms with Crippen LogP contribution in [0.2, 0.25) is 0 Å². The smallest absolute Gasteiger partial charge is 0.328 e. The normalized spacial score (nSPS) is 10.9. The molecule has 0 aliphatic heterocycles. The fraction of sp³-hybridized carbons (Fsp3) is 0.391. The highest BCUT2D eigenvalue weighted by Crippen LogP contribution is 2.23. The van der Waals surface area contributed by atoms with Crippen LogP contribution in [0.1, 0.15) is 20.3 Å². The number of hydrogen-bond donors (Lipinski definition) is 3. The van der Waals surface area contributed by atoms with Crippen LogP contribution in [0.5, 0.6) is 0 Å². The van der Waals surface area contributed by atoms with Crippen molar-refractivity contribution in [2.24, 2.45) is 0 Å². The van der Waals surface area contributed by atoms with Crippen LogP contribution in [0.25, 0.3) is 10.9 Å². The van der Waals surface area contributed by atoms with E-state index in [1.807, 2.05) is 24.3 Å². The van der Waals surface area contributed by atoms with Gasteiger partial charge in [0.1, 0.15) is 18.0 Å². The van der Waals surface area contributed by atoms with Gasteiger partial charge in [-0.1, -0.05) is 13.8 Å². The number of carbonyl (C=O) groups is 2. The first kappa shape index (κ1) is 24.0. The van der Waals surface area contributed by atoms with Crippen LogP contribution in [0, 0.1) is 0 Å². The van der Waals surface area contributed by atoms with Crippen LogP contribution in [-0.4, -0.2) is 76.7 Å². The predicted molar refractivity (Wildman–Crippen MR) is 131 cm³/mol. The molecule has 3 amide bonds. The number of carbonyl (C=O) groups excluding carboxylic acids is 2. The number of fused-ring (bicyclic) bond motifs is 1. The lowest BCUT2D eigenvalue weighted by molar-refractivity contribution is 0.220. The summed E-state index contributed by atoms with van der Waals surface area (Å²) in [7, 11) is 3.44. The number of nitrogens with zero attached hydrogens (tertiary/aromatic N) is 5. The lowest BCUT2D eigenvalue weighted by Gasteiger charge is -2.17. The number of rotatable bonds is 9. The van der Waals surface area contributed by atoms with Crippen LogP contribution in [0.15, 0.2) is 42.9 Å². The van der Waals surface area contributed by atoms with E-state index in [-0.39, 0.29) is 12.1 Å². The third kappa shape index (κ3) is 6.42. The van der Waals surface area contributed by atoms with E-state index in [1.54, 1.807) is 30.9 Å². The Morgan fingerprint density at radius 1 is 1.03 bits per heavy atom. The van der Waals surface area contributed by atoms with Crippen molar-refractivity contribution in [2.75, 3.05) is 50.9 Å². The highest BCUT2D eigenvalue weighted by molar-refractivity contribution is 5.93. The minimum absolute atomic E-state index is 0.108. The molecule has 3 aromatic rings. The van der Waals surface area contributed by atoms with E-state index < -0.39 is 0 Å². The van der Waals surface area contributed by atoms with Crippen LogP contribution in [-0.2, 0) is 0 Å². The van der Waals surface area contributed by atoms with Gasteiger partial charge in [0.25, 0.3) is 0 Å². The Hall–Kier alpha value is -3.66. The van der Waals surface area contributed by atoms with Crippen LogP contribution in [0.4, 0.5) is 26.9 Å². The summed E-state index contributed by atoms with van der Waals surface area (Å²) in [6.45, 7) is 7.81. The van der Waals surface area contributed by atoms with E-state index in [2.05, 4.69) is 44.7 Å². The van der Waals surface area contributed by atoms with Gasteiger partial charge in [-0.3, -0.25) is 9.88 Å². The number of nitrogens with one attached hydrogen (secondary N) is 3. The van der Waals surface area contributed by atoms with Crippen molar-refractivity contribution in [1.29, 1.82) is 0 Å². The number of amides is 3. The van der Waals surface area contributed by atoms with Crippen LogP contribution < -0.4 is 16.0 Å². The molecule has 0 aliphatic carbocycles. The van der Waals surface area contributed by atoms with Crippen molar-refractivity contribution >= 4 is 40.3 Å². The number of anilines is 3. The molecule has 0 radical (unpaired) electrons. The minimum atomic E-state index is -0.299. The topological polar surface area (TPSA) is 107 Å². The number of benzene rings is 1. The van der Waals surface area contributed by atoms with E-state index in [1.165, 1.54) is 11.2 Å². The molecule has 0 bridgehead atoms. The molecule has 10 heteroatoms. The number of aromatic nitrogens is 3. The van der Waals surface area contributed by atoms with Crippen molar-refractivity contribution in [1.82, 2.24) is 29.7 Å². The summed E-state index contributed by atoms with van der Waals surface area (Å²) in [6, 6.07) is 8.84. The van der Waals surface area contributed by atoms with E-state index in [9.17, 15) is 9.59 Å². The average molecular weight is 453 g/mol. The molecule has 2 aromatic heterocycles. The summed E-state index contributed by atoms with van der Waals surface area (Å²) in [5, 5.41) is 9.73. The molecule has 0 aliphatic rings. The Kier molecular flexibility index (Phi) is 8.20. The van der Waals surface area contributed by atoms with Crippen molar-refractivity contribution in [3.63, 3.8) is 0 Å². The number of hydrogen-bond acceptors (Lipinski definition) is 6. The zero-order valence-corrected chi connectivity index (χ0v) is 19.6. The van der Waals surface area contributed by atoms with Gasteiger partial charge in [-0.25, -0.2) is 19.6 Å². The highest BCUT2D eigenvalue weighted by atomic mass is 16.2. The van der Waals surface area contributed by atoms with E-state index in [0.29, 0.717) is 18.2 Å². The van der Waals surface area contributed by atoms with Crippen molar-refractivity contribution in [2.45, 2.75) is 20.3 Å². The maximum Gasteiger partial charge on any atom is 0.328 e. The van der Waals surface area contributed by atoms with Crippen molar-refractivity contribution in [3.05, 3.63) is 42.9 Å². The third-order valence-electron chi connectivity index (χ3n) is 5.29. The summed E-state index contributed by atoms with van der Waals surface area (Å²) >= 11 is 0. The molecule has 10 nitrogen and oxygen atoms in total. The summed E-state index contributed by atoms with van der Waals surface area (Å²) < 4.78 is 1.60. The number of urea groups is 1. The minimum Gasteiger partial charge on any atom is -0.340 e. The Balaban J connectivity index is 1.58. The van der Waals surface area contributed by atoms with Gasteiger partial charge >= 0.3 is 12.1 Å². The second kappa shape index (κ2) is 11.3. The van der Waals surface area contributed by atoms with Gasteiger partial charge in [0.2, 0.25) is 0 Å². The third-order valence-corrected chi connectivity index (χ3v) is 5.29. The second-order valence-electron chi connectivity index (χ2n) is 7.81. The van der Waals surface area contributed by atoms with Gasteiger partial charge in [0.15, 0.2) is 0 Å². The SMILES string of the molecule is CCN(CC)CCCNC(=O)Nc1cc(Nc2ccc3c(ccn3C(=O)N(C)C)c2)ncn1. The molecular formula is C23H32N8O2. The maximum absolute atomic E-state index is 12.3. The lowest BCUT2D eigenvalue weighted by atomic mass is 10.2. The summed E-state index contributed by atoms with van der Waals surface area (Å²) in [6.07, 6.45) is 4.03. The van der Waals surface area contributed by atoms with E-state index in [4.69, 9.17) is 0 Å². The zero-order valence-electron chi connectivity index (χ0n) is 19.6. The Morgan fingerprint density at radius 2 is 1.79 bits per heavy atom. The van der Waals surface area contributed by atoms with Gasteiger partial charge < -0.3 is 20.4 Å². The Bertz CT molecular complexity index is 1090. The summed E-state index contributed by atoms with van der Waals surface area (Å²) in [4.78, 5) is 36.6. The first-order chi connectivity index (χ1) is 15.9. The molecule has 0 unspecified atom stereocenters. The molecule has 33 heavy (non-hydrogen) atoms. The lowest BCUT2D eigenvalue weighted by Crippen LogP contribution is -2.32. The average Bonchev–Trinajstić information content (AvgIpc) is 3.22. The van der Waals surface area contributed by atoms with Crippen molar-refractivity contribution < 1.29 is 9.59 Å². The fourth-order valence-corrected chi connectivity index (χ4v) is 3.45. The Labute approximate surface area is 194 Å². The molecule has 1 aromatic carbocycles. The fourth-order valence-electron chi connectivity index (χ4n) is 3.45. The molecule has 0 spiro atoms. The molecule has 2 heterocycles. The summed E-state index contributed by atoms with van der Waals surface area (Å²) in [5.74, 6) is 0.947. The molecule has 0 fully saturated rings. The van der Waals surface area contributed by atoms with Gasteiger partial charge in [0.05, 0.1) is 5.52 Å². The predicted octanol–water partition coefficient (Wildman–Crippen LogP) is 3.56. The monoisotopic (exact) mass is 452 g/mol. The van der Waals surface area contributed by atoms with Gasteiger partial charge in [-0.15, -0.1) is 0 Å². The standard InChI is InChI=1S/C23H32N8O2/c1-5-30(6-2)12-7-11-24-22(32)28-21-15-20(25-16-26-21)27-18-8-9-19-17(14-18)10-13-31(19)23(33)29(3)4/h8-10,13-16H,5-7,11-12H2,1-4H3,(H3,24,25,26,27,28,32). The van der Waals surface area contributed by atoms with Crippen molar-refractivity contribution in [3.8, 4) is 0 Å². The van der Waals surface area contributed by atoms with Gasteiger partial charge in [-0.2, -0.15) is 0 Å². The Morgan fingerprint density at radius 3 is 2.52 bits per heavy atom. The first-order valence-corrected chi connectivity index (χ1v) is 11.1. The van der Waals surface area contributed by atoms with E-state index >= 15 is 0 Å². The maximum atomic E-state index is 12.3. The molecule has 176 valence electrons. The van der Waals surface area contributed by atoms with Crippen LogP contribution in [0.3, 0.4) is 0 Å². The molecule has 0 saturated heterocycles. The largest absolute Gasteiger partial charge is 0.340 e. The van der Waals surface area contributed by atoms with Crippen LogP contribution >= 0.6 is 0 Å². The van der Waals surface area contributed by atoms with Gasteiger partial charge in [0, 0.05) is 44.0 Å². The first-order valence-electron chi connectivity index (χ1n) is 11.1. The molecule has 3 N–H and O–H groups in total. The van der Waals surface area contributed by atoms with E-state index in [0.717, 1.165) is 42.6 Å². The molecule has 3 rings (SSSR count). The quantitative estimate of drug-likeness (QED) is 0.429. The molecule has 0 saturated carbocycles.